The molecule has 5 nitrogen and oxygen atoms in total. The minimum Gasteiger partial charge on any atom is -0.493 e. The van der Waals surface area contributed by atoms with Crippen LogP contribution in [-0.4, -0.2) is 42.8 Å². The van der Waals surface area contributed by atoms with Crippen molar-refractivity contribution in [3.8, 4) is 11.5 Å². The van der Waals surface area contributed by atoms with Gasteiger partial charge in [-0.25, -0.2) is 0 Å². The number of hydrogen-bond donors (Lipinski definition) is 1. The average molecular weight is 295 g/mol. The minimum atomic E-state index is -0.777. The Morgan fingerprint density at radius 2 is 1.86 bits per heavy atom. The molecule has 0 aliphatic heterocycles. The van der Waals surface area contributed by atoms with Crippen molar-refractivity contribution in [1.29, 1.82) is 0 Å². The highest BCUT2D eigenvalue weighted by molar-refractivity contribution is 5.67. The smallest absolute Gasteiger partial charge is 0.304 e. The van der Waals surface area contributed by atoms with Gasteiger partial charge < -0.3 is 14.6 Å². The van der Waals surface area contributed by atoms with Crippen molar-refractivity contribution in [2.75, 3.05) is 20.8 Å². The van der Waals surface area contributed by atoms with Crippen molar-refractivity contribution < 1.29 is 19.4 Å². The van der Waals surface area contributed by atoms with E-state index in [1.165, 1.54) is 0 Å². The molecule has 118 valence electrons. The molecular weight excluding hydrogens is 270 g/mol. The highest BCUT2D eigenvalue weighted by atomic mass is 16.5. The molecule has 0 aliphatic rings. The summed E-state index contributed by atoms with van der Waals surface area (Å²) >= 11 is 0. The number of ether oxygens (including phenoxy) is 2. The maximum absolute atomic E-state index is 10.9. The zero-order chi connectivity index (χ0) is 16.0. The molecule has 0 saturated heterocycles. The number of carbonyl (C=O) groups is 1. The van der Waals surface area contributed by atoms with E-state index in [4.69, 9.17) is 14.6 Å². The molecule has 0 saturated carbocycles. The van der Waals surface area contributed by atoms with Gasteiger partial charge in [0.25, 0.3) is 0 Å². The molecule has 0 bridgehead atoms. The number of carboxylic acids is 1. The van der Waals surface area contributed by atoms with Gasteiger partial charge in [0.2, 0.25) is 0 Å². The first kappa shape index (κ1) is 17.3. The van der Waals surface area contributed by atoms with Crippen molar-refractivity contribution in [2.45, 2.75) is 39.3 Å². The number of carboxylic acid groups (broad SMARTS) is 1. The summed E-state index contributed by atoms with van der Waals surface area (Å²) in [5, 5.41) is 8.97. The summed E-state index contributed by atoms with van der Waals surface area (Å²) in [6.07, 6.45) is 0.130. The number of hydrogen-bond acceptors (Lipinski definition) is 4. The third-order valence-electron chi connectivity index (χ3n) is 3.79. The van der Waals surface area contributed by atoms with E-state index in [0.717, 1.165) is 12.1 Å². The molecule has 0 fully saturated rings. The van der Waals surface area contributed by atoms with Gasteiger partial charge in [-0.2, -0.15) is 0 Å². The van der Waals surface area contributed by atoms with Gasteiger partial charge in [-0.1, -0.05) is 13.0 Å². The monoisotopic (exact) mass is 295 g/mol. The molecule has 1 aromatic rings. The molecule has 2 unspecified atom stereocenters. The predicted octanol–water partition coefficient (Wildman–Crippen LogP) is 2.95. The maximum Gasteiger partial charge on any atom is 0.304 e. The molecule has 0 amide bonds. The summed E-state index contributed by atoms with van der Waals surface area (Å²) in [5.74, 6) is 0.597. The van der Waals surface area contributed by atoms with Gasteiger partial charge in [-0.05, 0) is 38.1 Å². The Kier molecular flexibility index (Phi) is 6.49. The van der Waals surface area contributed by atoms with E-state index >= 15 is 0 Å². The van der Waals surface area contributed by atoms with E-state index in [-0.39, 0.29) is 18.5 Å². The fraction of sp³-hybridized carbons (Fsp3) is 0.562. The van der Waals surface area contributed by atoms with Crippen LogP contribution in [-0.2, 0) is 4.79 Å². The minimum absolute atomic E-state index is 0.0319. The lowest BCUT2D eigenvalue weighted by Crippen LogP contribution is -2.36. The lowest BCUT2D eigenvalue weighted by Gasteiger charge is -2.33. The summed E-state index contributed by atoms with van der Waals surface area (Å²) in [6.45, 7) is 6.83. The maximum atomic E-state index is 10.9. The van der Waals surface area contributed by atoms with Crippen LogP contribution >= 0.6 is 0 Å². The highest BCUT2D eigenvalue weighted by Gasteiger charge is 2.22. The van der Waals surface area contributed by atoms with Crippen molar-refractivity contribution in [1.82, 2.24) is 4.90 Å². The van der Waals surface area contributed by atoms with Crippen LogP contribution < -0.4 is 9.47 Å². The van der Waals surface area contributed by atoms with Crippen molar-refractivity contribution in [2.24, 2.45) is 0 Å². The largest absolute Gasteiger partial charge is 0.493 e. The van der Waals surface area contributed by atoms with E-state index in [0.29, 0.717) is 11.5 Å². The lowest BCUT2D eigenvalue weighted by molar-refractivity contribution is -0.138. The number of rotatable bonds is 8. The fourth-order valence-corrected chi connectivity index (χ4v) is 2.64. The SMILES string of the molecule is CCN(C(C)CC(=O)O)C(C)c1ccc(OC)c(OC)c1. The number of aliphatic carboxylic acids is 1. The Morgan fingerprint density at radius 3 is 2.33 bits per heavy atom. The van der Waals surface area contributed by atoms with Crippen molar-refractivity contribution >= 4 is 5.97 Å². The fourth-order valence-electron chi connectivity index (χ4n) is 2.64. The second kappa shape index (κ2) is 7.88. The molecule has 1 aromatic carbocycles. The van der Waals surface area contributed by atoms with Crippen LogP contribution in [0.5, 0.6) is 11.5 Å². The number of benzene rings is 1. The molecule has 0 aromatic heterocycles. The molecule has 21 heavy (non-hydrogen) atoms. The molecule has 1 N–H and O–H groups in total. The van der Waals surface area contributed by atoms with E-state index in [1.807, 2.05) is 32.0 Å². The van der Waals surface area contributed by atoms with Gasteiger partial charge in [0.1, 0.15) is 0 Å². The Hall–Kier alpha value is -1.75. The topological polar surface area (TPSA) is 59.0 Å². The van der Waals surface area contributed by atoms with Gasteiger partial charge in [0.15, 0.2) is 11.5 Å². The number of nitrogens with zero attached hydrogens (tertiary/aromatic N) is 1. The first-order chi connectivity index (χ1) is 9.94. The Labute approximate surface area is 126 Å². The average Bonchev–Trinajstić information content (AvgIpc) is 2.46. The molecule has 0 aliphatic carbocycles. The second-order valence-corrected chi connectivity index (χ2v) is 5.07. The summed E-state index contributed by atoms with van der Waals surface area (Å²) in [7, 11) is 3.21. The van der Waals surface area contributed by atoms with E-state index in [2.05, 4.69) is 11.8 Å². The van der Waals surface area contributed by atoms with Crippen LogP contribution in [0, 0.1) is 0 Å². The van der Waals surface area contributed by atoms with Gasteiger partial charge >= 0.3 is 5.97 Å². The Balaban J connectivity index is 2.99. The van der Waals surface area contributed by atoms with Crippen LogP contribution in [0.3, 0.4) is 0 Å². The molecule has 5 heteroatoms. The first-order valence-electron chi connectivity index (χ1n) is 7.14. The highest BCUT2D eigenvalue weighted by Crippen LogP contribution is 2.32. The third kappa shape index (κ3) is 4.36. The van der Waals surface area contributed by atoms with Crippen molar-refractivity contribution in [3.63, 3.8) is 0 Å². The predicted molar refractivity (Wildman–Crippen MR) is 82.1 cm³/mol. The molecule has 0 radical (unpaired) electrons. The summed E-state index contributed by atoms with van der Waals surface area (Å²) in [5.41, 5.74) is 1.08. The first-order valence-corrected chi connectivity index (χ1v) is 7.14. The molecule has 1 rings (SSSR count). The lowest BCUT2D eigenvalue weighted by atomic mass is 10.0. The van der Waals surface area contributed by atoms with E-state index < -0.39 is 5.97 Å². The van der Waals surface area contributed by atoms with Crippen LogP contribution in [0.2, 0.25) is 0 Å². The summed E-state index contributed by atoms with van der Waals surface area (Å²) in [4.78, 5) is 13.1. The zero-order valence-corrected chi connectivity index (χ0v) is 13.4. The number of methoxy groups -OCH3 is 2. The Morgan fingerprint density at radius 1 is 1.24 bits per heavy atom. The van der Waals surface area contributed by atoms with Crippen LogP contribution in [0.15, 0.2) is 18.2 Å². The van der Waals surface area contributed by atoms with Crippen LogP contribution in [0.1, 0.15) is 38.8 Å². The van der Waals surface area contributed by atoms with Crippen molar-refractivity contribution in [3.05, 3.63) is 23.8 Å². The summed E-state index contributed by atoms with van der Waals surface area (Å²) < 4.78 is 10.6. The van der Waals surface area contributed by atoms with Crippen LogP contribution in [0.4, 0.5) is 0 Å². The quantitative estimate of drug-likeness (QED) is 0.799. The van der Waals surface area contributed by atoms with Crippen LogP contribution in [0.25, 0.3) is 0 Å². The third-order valence-corrected chi connectivity index (χ3v) is 3.79. The molecule has 0 spiro atoms. The Bertz CT molecular complexity index is 475. The molecular formula is C16H25NO4. The molecule has 2 atom stereocenters. The van der Waals surface area contributed by atoms with E-state index in [9.17, 15) is 4.79 Å². The summed E-state index contributed by atoms with van der Waals surface area (Å²) in [6, 6.07) is 5.88. The zero-order valence-electron chi connectivity index (χ0n) is 13.4. The second-order valence-electron chi connectivity index (χ2n) is 5.07. The molecule has 0 heterocycles. The van der Waals surface area contributed by atoms with E-state index in [1.54, 1.807) is 14.2 Å². The van der Waals surface area contributed by atoms with Gasteiger partial charge in [-0.3, -0.25) is 9.69 Å². The van der Waals surface area contributed by atoms with Gasteiger partial charge in [0.05, 0.1) is 20.6 Å². The normalized spacial score (nSPS) is 13.8. The van der Waals surface area contributed by atoms with Gasteiger partial charge in [-0.15, -0.1) is 0 Å². The standard InChI is InChI=1S/C16H25NO4/c1-6-17(11(2)9-16(18)19)12(3)13-7-8-14(20-4)15(10-13)21-5/h7-8,10-12H,6,9H2,1-5H3,(H,18,19). The van der Waals surface area contributed by atoms with Gasteiger partial charge in [0, 0.05) is 12.1 Å².